The molecule has 1 saturated heterocycles. The molecule has 0 bridgehead atoms. The molecule has 1 amide bonds. The van der Waals surface area contributed by atoms with Gasteiger partial charge in [-0.1, -0.05) is 36.4 Å². The van der Waals surface area contributed by atoms with Crippen LogP contribution in [0.1, 0.15) is 26.6 Å². The quantitative estimate of drug-likeness (QED) is 0.620. The van der Waals surface area contributed by atoms with Crippen LogP contribution in [-0.2, 0) is 13.2 Å². The Bertz CT molecular complexity index is 950. The van der Waals surface area contributed by atoms with E-state index >= 15 is 0 Å². The zero-order chi connectivity index (χ0) is 20.1. The van der Waals surface area contributed by atoms with E-state index in [-0.39, 0.29) is 5.91 Å². The number of nitrogens with zero attached hydrogens (tertiary/aromatic N) is 3. The molecule has 6 heteroatoms. The number of carbonyl (C=O) groups excluding carboxylic acids is 1. The molecule has 150 valence electrons. The number of thiazole rings is 1. The SMILES string of the molecule is Cc1nc(COc2cccc(C(=O)N3CCN(Cc4ccccc4)CC3)c2)cs1. The number of benzene rings is 2. The first-order valence-corrected chi connectivity index (χ1v) is 10.7. The second kappa shape index (κ2) is 9.20. The second-order valence-corrected chi connectivity index (χ2v) is 8.29. The maximum absolute atomic E-state index is 12.9. The molecule has 1 aromatic heterocycles. The average molecular weight is 408 g/mol. The molecule has 0 atom stereocenters. The fraction of sp³-hybridized carbons (Fsp3) is 0.304. The molecule has 0 spiro atoms. The van der Waals surface area contributed by atoms with Crippen LogP contribution in [0.3, 0.4) is 0 Å². The monoisotopic (exact) mass is 407 g/mol. The predicted molar refractivity (Wildman–Crippen MR) is 115 cm³/mol. The lowest BCUT2D eigenvalue weighted by Crippen LogP contribution is -2.48. The van der Waals surface area contributed by atoms with Crippen LogP contribution in [0.25, 0.3) is 0 Å². The highest BCUT2D eigenvalue weighted by molar-refractivity contribution is 7.09. The number of aryl methyl sites for hydroxylation is 1. The first-order valence-electron chi connectivity index (χ1n) is 9.87. The summed E-state index contributed by atoms with van der Waals surface area (Å²) in [4.78, 5) is 21.7. The summed E-state index contributed by atoms with van der Waals surface area (Å²) in [6, 6.07) is 17.9. The van der Waals surface area contributed by atoms with Gasteiger partial charge in [0.1, 0.15) is 12.4 Å². The van der Waals surface area contributed by atoms with Crippen LogP contribution in [-0.4, -0.2) is 46.9 Å². The van der Waals surface area contributed by atoms with Crippen molar-refractivity contribution in [2.45, 2.75) is 20.1 Å². The topological polar surface area (TPSA) is 45.7 Å². The Morgan fingerprint density at radius 2 is 1.86 bits per heavy atom. The molecule has 3 aromatic rings. The van der Waals surface area contributed by atoms with Gasteiger partial charge in [0.25, 0.3) is 5.91 Å². The third-order valence-corrected chi connectivity index (χ3v) is 5.87. The Kier molecular flexibility index (Phi) is 6.22. The summed E-state index contributed by atoms with van der Waals surface area (Å²) < 4.78 is 5.83. The summed E-state index contributed by atoms with van der Waals surface area (Å²) in [6.45, 7) is 6.60. The number of hydrogen-bond acceptors (Lipinski definition) is 5. The molecule has 4 rings (SSSR count). The second-order valence-electron chi connectivity index (χ2n) is 7.23. The highest BCUT2D eigenvalue weighted by Gasteiger charge is 2.22. The van der Waals surface area contributed by atoms with Crippen molar-refractivity contribution in [3.8, 4) is 5.75 Å². The molecule has 2 heterocycles. The van der Waals surface area contributed by atoms with Crippen LogP contribution < -0.4 is 4.74 Å². The van der Waals surface area contributed by atoms with E-state index in [9.17, 15) is 4.79 Å². The molecule has 1 fully saturated rings. The highest BCUT2D eigenvalue weighted by Crippen LogP contribution is 2.18. The summed E-state index contributed by atoms with van der Waals surface area (Å²) in [5.74, 6) is 0.767. The van der Waals surface area contributed by atoms with Gasteiger partial charge in [-0.2, -0.15) is 0 Å². The van der Waals surface area contributed by atoms with Crippen LogP contribution in [0.15, 0.2) is 60.0 Å². The maximum Gasteiger partial charge on any atom is 0.254 e. The fourth-order valence-corrected chi connectivity index (χ4v) is 4.08. The van der Waals surface area contributed by atoms with Gasteiger partial charge in [-0.15, -0.1) is 11.3 Å². The van der Waals surface area contributed by atoms with Gasteiger partial charge in [-0.3, -0.25) is 9.69 Å². The zero-order valence-electron chi connectivity index (χ0n) is 16.6. The number of ether oxygens (including phenoxy) is 1. The Morgan fingerprint density at radius 3 is 2.59 bits per heavy atom. The van der Waals surface area contributed by atoms with E-state index in [4.69, 9.17) is 4.74 Å². The lowest BCUT2D eigenvalue weighted by atomic mass is 10.1. The Balaban J connectivity index is 1.31. The normalized spacial score (nSPS) is 14.7. The van der Waals surface area contributed by atoms with Gasteiger partial charge in [0.15, 0.2) is 0 Å². The molecular weight excluding hydrogens is 382 g/mol. The number of aromatic nitrogens is 1. The molecule has 29 heavy (non-hydrogen) atoms. The van der Waals surface area contributed by atoms with E-state index < -0.39 is 0 Å². The van der Waals surface area contributed by atoms with Crippen LogP contribution in [0.5, 0.6) is 5.75 Å². The molecule has 2 aromatic carbocycles. The van der Waals surface area contributed by atoms with Crippen molar-refractivity contribution in [1.82, 2.24) is 14.8 Å². The smallest absolute Gasteiger partial charge is 0.254 e. The maximum atomic E-state index is 12.9. The third-order valence-electron chi connectivity index (χ3n) is 5.04. The zero-order valence-corrected chi connectivity index (χ0v) is 17.4. The molecule has 0 saturated carbocycles. The third kappa shape index (κ3) is 5.22. The summed E-state index contributed by atoms with van der Waals surface area (Å²) >= 11 is 1.61. The lowest BCUT2D eigenvalue weighted by Gasteiger charge is -2.34. The Labute approximate surface area is 175 Å². The summed E-state index contributed by atoms with van der Waals surface area (Å²) in [5, 5.41) is 3.03. The van der Waals surface area contributed by atoms with Crippen molar-refractivity contribution in [1.29, 1.82) is 0 Å². The van der Waals surface area contributed by atoms with E-state index in [1.807, 2.05) is 47.5 Å². The van der Waals surface area contributed by atoms with Gasteiger partial charge in [-0.05, 0) is 30.7 Å². The summed E-state index contributed by atoms with van der Waals surface area (Å²) in [7, 11) is 0. The van der Waals surface area contributed by atoms with Gasteiger partial charge in [0.05, 0.1) is 10.7 Å². The minimum absolute atomic E-state index is 0.0688. The first kappa shape index (κ1) is 19.6. The van der Waals surface area contributed by atoms with Gasteiger partial charge in [-0.25, -0.2) is 4.98 Å². The van der Waals surface area contributed by atoms with E-state index in [0.717, 1.165) is 43.4 Å². The van der Waals surface area contributed by atoms with E-state index in [1.54, 1.807) is 11.3 Å². The number of hydrogen-bond donors (Lipinski definition) is 0. The molecule has 1 aliphatic rings. The fourth-order valence-electron chi connectivity index (χ4n) is 3.48. The standard InChI is InChI=1S/C23H25N3O2S/c1-18-24-21(17-29-18)16-28-22-9-5-8-20(14-22)23(27)26-12-10-25(11-13-26)15-19-6-3-2-4-7-19/h2-9,14,17H,10-13,15-16H2,1H3. The van der Waals surface area contributed by atoms with E-state index in [1.165, 1.54) is 5.56 Å². The molecule has 0 N–H and O–H groups in total. The van der Waals surface area contributed by atoms with Gasteiger partial charge >= 0.3 is 0 Å². The Hall–Kier alpha value is -2.70. The predicted octanol–water partition coefficient (Wildman–Crippen LogP) is 3.99. The number of amides is 1. The van der Waals surface area contributed by atoms with E-state index in [0.29, 0.717) is 17.9 Å². The number of carbonyl (C=O) groups is 1. The van der Waals surface area contributed by atoms with Crippen molar-refractivity contribution >= 4 is 17.2 Å². The highest BCUT2D eigenvalue weighted by atomic mass is 32.1. The van der Waals surface area contributed by atoms with Crippen molar-refractivity contribution in [3.63, 3.8) is 0 Å². The van der Waals surface area contributed by atoms with Gasteiger partial charge in [0.2, 0.25) is 0 Å². The minimum atomic E-state index is 0.0688. The number of piperazine rings is 1. The largest absolute Gasteiger partial charge is 0.487 e. The summed E-state index contributed by atoms with van der Waals surface area (Å²) in [5.41, 5.74) is 2.90. The lowest BCUT2D eigenvalue weighted by molar-refractivity contribution is 0.0628. The molecular formula is C23H25N3O2S. The van der Waals surface area contributed by atoms with Gasteiger partial charge < -0.3 is 9.64 Å². The molecule has 5 nitrogen and oxygen atoms in total. The first-order chi connectivity index (χ1) is 14.2. The van der Waals surface area contributed by atoms with E-state index in [2.05, 4.69) is 34.1 Å². The van der Waals surface area contributed by atoms with Crippen molar-refractivity contribution < 1.29 is 9.53 Å². The minimum Gasteiger partial charge on any atom is -0.487 e. The molecule has 0 aliphatic carbocycles. The molecule has 0 radical (unpaired) electrons. The summed E-state index contributed by atoms with van der Waals surface area (Å²) in [6.07, 6.45) is 0. The van der Waals surface area contributed by atoms with Crippen LogP contribution in [0.2, 0.25) is 0 Å². The van der Waals surface area contributed by atoms with Crippen LogP contribution in [0.4, 0.5) is 0 Å². The van der Waals surface area contributed by atoms with Crippen LogP contribution >= 0.6 is 11.3 Å². The van der Waals surface area contributed by atoms with Crippen LogP contribution in [0, 0.1) is 6.92 Å². The van der Waals surface area contributed by atoms with Crippen molar-refractivity contribution in [2.24, 2.45) is 0 Å². The average Bonchev–Trinajstić information content (AvgIpc) is 3.18. The Morgan fingerprint density at radius 1 is 1.07 bits per heavy atom. The number of rotatable bonds is 6. The van der Waals surface area contributed by atoms with Crippen molar-refractivity contribution in [2.75, 3.05) is 26.2 Å². The molecule has 0 unspecified atom stereocenters. The molecule has 1 aliphatic heterocycles. The van der Waals surface area contributed by atoms with Crippen molar-refractivity contribution in [3.05, 3.63) is 81.8 Å². The van der Waals surface area contributed by atoms with Gasteiger partial charge in [0, 0.05) is 43.7 Å².